The summed E-state index contributed by atoms with van der Waals surface area (Å²) in [6, 6.07) is 8.69. The maximum atomic E-state index is 13.3. The van der Waals surface area contributed by atoms with Crippen LogP contribution in [0.15, 0.2) is 24.3 Å². The molecule has 1 saturated carbocycles. The number of hydrogen-bond acceptors (Lipinski definition) is 4. The molecule has 170 valence electrons. The molecule has 1 fully saturated rings. The molecule has 3 amide bonds. The number of amides is 3. The summed E-state index contributed by atoms with van der Waals surface area (Å²) < 4.78 is -0.314. The van der Waals surface area contributed by atoms with Gasteiger partial charge in [-0.1, -0.05) is 12.1 Å². The predicted molar refractivity (Wildman–Crippen MR) is 128 cm³/mol. The summed E-state index contributed by atoms with van der Waals surface area (Å²) >= 11 is 0. The second-order valence-corrected chi connectivity index (χ2v) is 14.3. The minimum Gasteiger partial charge on any atom is -0.309 e. The van der Waals surface area contributed by atoms with Gasteiger partial charge in [0.2, 0.25) is 5.91 Å². The van der Waals surface area contributed by atoms with Crippen LogP contribution in [0.25, 0.3) is 0 Å². The molecule has 1 aromatic carbocycles. The lowest BCUT2D eigenvalue weighted by Crippen LogP contribution is -2.51. The highest BCUT2D eigenvalue weighted by Crippen LogP contribution is 2.60. The molecule has 1 aromatic heterocycles. The number of hydrogen-bond donors (Lipinski definition) is 3. The lowest BCUT2D eigenvalue weighted by Gasteiger charge is -2.53. The normalized spacial score (nSPS) is 18.8. The van der Waals surface area contributed by atoms with E-state index in [2.05, 4.69) is 45.7 Å². The van der Waals surface area contributed by atoms with E-state index in [0.717, 1.165) is 30.5 Å². The van der Waals surface area contributed by atoms with Gasteiger partial charge in [-0.25, -0.2) is 14.8 Å². The van der Waals surface area contributed by atoms with Gasteiger partial charge in [-0.05, 0) is 64.0 Å². The number of nitriles is 1. The van der Waals surface area contributed by atoms with Crippen molar-refractivity contribution < 1.29 is 9.59 Å². The van der Waals surface area contributed by atoms with Crippen molar-refractivity contribution in [2.45, 2.75) is 49.9 Å². The van der Waals surface area contributed by atoms with Gasteiger partial charge in [-0.3, -0.25) is 9.89 Å². The van der Waals surface area contributed by atoms with Crippen molar-refractivity contribution in [2.24, 2.45) is 0 Å². The van der Waals surface area contributed by atoms with E-state index >= 15 is 0 Å². The quantitative estimate of drug-likeness (QED) is 0.645. The monoisotopic (exact) mass is 454 g/mol. The zero-order valence-corrected chi connectivity index (χ0v) is 20.0. The van der Waals surface area contributed by atoms with Crippen molar-refractivity contribution in [3.05, 3.63) is 41.1 Å². The van der Waals surface area contributed by atoms with E-state index in [1.807, 2.05) is 13.8 Å². The van der Waals surface area contributed by atoms with Crippen LogP contribution in [0.4, 0.5) is 16.3 Å². The summed E-state index contributed by atoms with van der Waals surface area (Å²) in [7, 11) is -1.08. The molecular formula is C23H30N6O2S. The van der Waals surface area contributed by atoms with Gasteiger partial charge in [0.15, 0.2) is 5.82 Å². The number of carbonyl (C=O) groups is 2. The van der Waals surface area contributed by atoms with Crippen LogP contribution in [0, 0.1) is 11.3 Å². The fourth-order valence-corrected chi connectivity index (χ4v) is 6.77. The van der Waals surface area contributed by atoms with Crippen LogP contribution in [0.1, 0.15) is 49.9 Å². The summed E-state index contributed by atoms with van der Waals surface area (Å²) in [5.41, 5.74) is 1.85. The molecule has 9 heteroatoms. The van der Waals surface area contributed by atoms with E-state index in [-0.39, 0.29) is 16.7 Å². The zero-order valence-electron chi connectivity index (χ0n) is 19.2. The van der Waals surface area contributed by atoms with Gasteiger partial charge >= 0.3 is 6.03 Å². The standard InChI is InChI=1S/C23H30N6O2S/c1-22(2)18-16(14-29(22)21(31)25-17-10-7-6-9-15(17)13-24)19(28-27-18)26-20(30)23(11-8-12-23)32(3,4)5/h6-7,9-10H,8,11-12,14H2,1-5H3,(H,25,31)(H2,26,27,28,30). The zero-order chi connectivity index (χ0) is 23.3. The molecule has 0 saturated heterocycles. The van der Waals surface area contributed by atoms with E-state index in [1.165, 1.54) is 0 Å². The highest BCUT2D eigenvalue weighted by atomic mass is 32.3. The van der Waals surface area contributed by atoms with Crippen LogP contribution in [0.3, 0.4) is 0 Å². The first-order valence-electron chi connectivity index (χ1n) is 10.7. The summed E-state index contributed by atoms with van der Waals surface area (Å²) in [6.07, 6.45) is 9.45. The predicted octanol–water partition coefficient (Wildman–Crippen LogP) is 4.12. The van der Waals surface area contributed by atoms with Gasteiger partial charge in [0, 0.05) is 5.56 Å². The first-order chi connectivity index (χ1) is 15.0. The van der Waals surface area contributed by atoms with Crippen LogP contribution >= 0.6 is 10.0 Å². The molecule has 2 aliphatic rings. The minimum absolute atomic E-state index is 0.0317. The van der Waals surface area contributed by atoms with Crippen LogP contribution in [-0.2, 0) is 16.9 Å². The Labute approximate surface area is 190 Å². The molecule has 0 radical (unpaired) electrons. The molecule has 32 heavy (non-hydrogen) atoms. The minimum atomic E-state index is -1.08. The van der Waals surface area contributed by atoms with Crippen molar-refractivity contribution in [1.82, 2.24) is 15.1 Å². The maximum Gasteiger partial charge on any atom is 0.322 e. The van der Waals surface area contributed by atoms with Crippen LogP contribution in [0.5, 0.6) is 0 Å². The topological polar surface area (TPSA) is 114 Å². The second-order valence-electron chi connectivity index (χ2n) is 9.80. The SMILES string of the molecule is CC1(C)c2[nH]nc(NC(=O)C3(S(C)(C)C)CCC3)c2CN1C(=O)Nc1ccccc1C#N. The summed E-state index contributed by atoms with van der Waals surface area (Å²) in [4.78, 5) is 28.1. The Morgan fingerprint density at radius 3 is 2.47 bits per heavy atom. The number of para-hydroxylation sites is 1. The molecular weight excluding hydrogens is 424 g/mol. The van der Waals surface area contributed by atoms with Crippen LogP contribution in [-0.4, -0.2) is 50.5 Å². The maximum absolute atomic E-state index is 13.3. The van der Waals surface area contributed by atoms with Crippen molar-refractivity contribution in [3.63, 3.8) is 0 Å². The highest BCUT2D eigenvalue weighted by molar-refractivity contribution is 8.33. The van der Waals surface area contributed by atoms with Gasteiger partial charge in [0.05, 0.1) is 33.8 Å². The Hall–Kier alpha value is -2.99. The summed E-state index contributed by atoms with van der Waals surface area (Å²) in [6.45, 7) is 4.18. The number of urea groups is 1. The molecule has 1 aliphatic carbocycles. The Bertz CT molecular complexity index is 1120. The van der Waals surface area contributed by atoms with E-state index in [4.69, 9.17) is 0 Å². The Balaban J connectivity index is 1.56. The fourth-order valence-electron chi connectivity index (χ4n) is 4.65. The highest BCUT2D eigenvalue weighted by Gasteiger charge is 2.51. The smallest absolute Gasteiger partial charge is 0.309 e. The lowest BCUT2D eigenvalue weighted by molar-refractivity contribution is -0.120. The number of aromatic amines is 1. The Morgan fingerprint density at radius 1 is 1.19 bits per heavy atom. The third-order valence-electron chi connectivity index (χ3n) is 6.98. The molecule has 4 rings (SSSR count). The van der Waals surface area contributed by atoms with Gasteiger partial charge in [-0.15, -0.1) is 0 Å². The van der Waals surface area contributed by atoms with Crippen molar-refractivity contribution in [1.29, 1.82) is 5.26 Å². The molecule has 2 aromatic rings. The first-order valence-corrected chi connectivity index (χ1v) is 13.5. The van der Waals surface area contributed by atoms with Gasteiger partial charge in [-0.2, -0.15) is 10.4 Å². The molecule has 3 N–H and O–H groups in total. The fraction of sp³-hybridized carbons (Fsp3) is 0.478. The molecule has 2 heterocycles. The lowest BCUT2D eigenvalue weighted by atomic mass is 9.83. The number of nitrogens with zero attached hydrogens (tertiary/aromatic N) is 3. The van der Waals surface area contributed by atoms with Crippen molar-refractivity contribution >= 4 is 33.5 Å². The second kappa shape index (κ2) is 7.55. The number of benzene rings is 1. The number of nitrogens with one attached hydrogen (secondary N) is 3. The van der Waals surface area contributed by atoms with E-state index in [9.17, 15) is 14.9 Å². The molecule has 0 atom stereocenters. The number of rotatable bonds is 4. The Morgan fingerprint density at radius 2 is 1.88 bits per heavy atom. The number of H-pyrrole nitrogens is 1. The van der Waals surface area contributed by atoms with Gasteiger partial charge in [0.25, 0.3) is 0 Å². The largest absolute Gasteiger partial charge is 0.322 e. The van der Waals surface area contributed by atoms with E-state index in [0.29, 0.717) is 23.6 Å². The molecule has 0 unspecified atom stereocenters. The summed E-state index contributed by atoms with van der Waals surface area (Å²) in [5.74, 6) is 0.532. The average molecular weight is 455 g/mol. The summed E-state index contributed by atoms with van der Waals surface area (Å²) in [5, 5.41) is 22.7. The van der Waals surface area contributed by atoms with Crippen molar-refractivity contribution in [2.75, 3.05) is 29.4 Å². The molecule has 1 aliphatic heterocycles. The number of carbonyl (C=O) groups excluding carboxylic acids is 2. The first kappa shape index (κ1) is 22.2. The third-order valence-corrected chi connectivity index (χ3v) is 9.92. The molecule has 0 spiro atoms. The average Bonchev–Trinajstić information content (AvgIpc) is 3.18. The van der Waals surface area contributed by atoms with Crippen molar-refractivity contribution in [3.8, 4) is 6.07 Å². The molecule has 8 nitrogen and oxygen atoms in total. The Kier molecular flexibility index (Phi) is 5.24. The number of fused-ring (bicyclic) bond motifs is 1. The third kappa shape index (κ3) is 3.34. The number of anilines is 2. The number of aromatic nitrogens is 2. The van der Waals surface area contributed by atoms with Gasteiger partial charge < -0.3 is 15.5 Å². The van der Waals surface area contributed by atoms with Crippen LogP contribution < -0.4 is 10.6 Å². The van der Waals surface area contributed by atoms with E-state index < -0.39 is 15.6 Å². The van der Waals surface area contributed by atoms with E-state index in [1.54, 1.807) is 29.2 Å². The molecule has 0 bridgehead atoms. The van der Waals surface area contributed by atoms with Crippen LogP contribution in [0.2, 0.25) is 0 Å². The van der Waals surface area contributed by atoms with Gasteiger partial charge in [0.1, 0.15) is 6.07 Å².